The van der Waals surface area contributed by atoms with E-state index in [0.717, 1.165) is 39.8 Å². The van der Waals surface area contributed by atoms with Gasteiger partial charge in [0.1, 0.15) is 0 Å². The smallest absolute Gasteiger partial charge is 0.227 e. The molecule has 1 aliphatic heterocycles. The molecular weight excluding hydrogens is 458 g/mol. The standard InChI is InChI=1S/C24H26BrN3O3/c1-14-11-20(9-10-21(14)25)28-13-18(12-22(28)29)24(31)26-15(2)16-5-7-19(8-6-16)27-23(30)17-3-4-17/h5-11,15,17-18H,3-4,12-13H2,1-2H3,(H,26,31)(H,27,30). The Morgan fingerprint density at radius 3 is 2.42 bits per heavy atom. The topological polar surface area (TPSA) is 78.5 Å². The zero-order chi connectivity index (χ0) is 22.1. The number of hydrogen-bond donors (Lipinski definition) is 2. The fourth-order valence-corrected chi connectivity index (χ4v) is 4.04. The molecule has 31 heavy (non-hydrogen) atoms. The van der Waals surface area contributed by atoms with Gasteiger partial charge < -0.3 is 15.5 Å². The van der Waals surface area contributed by atoms with Crippen LogP contribution in [0.1, 0.15) is 43.4 Å². The first kappa shape index (κ1) is 21.6. The van der Waals surface area contributed by atoms with Gasteiger partial charge in [-0.15, -0.1) is 0 Å². The molecule has 4 rings (SSSR count). The summed E-state index contributed by atoms with van der Waals surface area (Å²) in [6.45, 7) is 4.27. The highest BCUT2D eigenvalue weighted by Crippen LogP contribution is 2.31. The number of carbonyl (C=O) groups is 3. The van der Waals surface area contributed by atoms with Crippen LogP contribution in [0, 0.1) is 18.8 Å². The number of carbonyl (C=O) groups excluding carboxylic acids is 3. The second-order valence-corrected chi connectivity index (χ2v) is 9.31. The van der Waals surface area contributed by atoms with Crippen LogP contribution in [0.15, 0.2) is 46.9 Å². The van der Waals surface area contributed by atoms with Crippen LogP contribution < -0.4 is 15.5 Å². The van der Waals surface area contributed by atoms with Crippen LogP contribution in [0.4, 0.5) is 11.4 Å². The average molecular weight is 484 g/mol. The van der Waals surface area contributed by atoms with E-state index >= 15 is 0 Å². The average Bonchev–Trinajstić information content (AvgIpc) is 3.52. The lowest BCUT2D eigenvalue weighted by Gasteiger charge is -2.19. The lowest BCUT2D eigenvalue weighted by Crippen LogP contribution is -2.34. The summed E-state index contributed by atoms with van der Waals surface area (Å²) in [5.74, 6) is -0.303. The molecule has 1 saturated carbocycles. The number of benzene rings is 2. The van der Waals surface area contributed by atoms with Gasteiger partial charge in [-0.05, 0) is 68.1 Å². The largest absolute Gasteiger partial charge is 0.349 e. The molecule has 1 saturated heterocycles. The van der Waals surface area contributed by atoms with E-state index in [1.165, 1.54) is 0 Å². The zero-order valence-corrected chi connectivity index (χ0v) is 19.2. The maximum Gasteiger partial charge on any atom is 0.227 e. The molecule has 162 valence electrons. The summed E-state index contributed by atoms with van der Waals surface area (Å²) >= 11 is 3.47. The normalized spacial score (nSPS) is 19.3. The number of hydrogen-bond acceptors (Lipinski definition) is 3. The molecule has 0 aromatic heterocycles. The SMILES string of the molecule is Cc1cc(N2CC(C(=O)NC(C)c3ccc(NC(=O)C4CC4)cc3)CC2=O)ccc1Br. The molecule has 1 heterocycles. The highest BCUT2D eigenvalue weighted by Gasteiger charge is 2.35. The molecule has 0 spiro atoms. The van der Waals surface area contributed by atoms with Crippen molar-refractivity contribution in [3.8, 4) is 0 Å². The fraction of sp³-hybridized carbons (Fsp3) is 0.375. The van der Waals surface area contributed by atoms with E-state index in [-0.39, 0.29) is 42.0 Å². The molecule has 2 atom stereocenters. The lowest BCUT2D eigenvalue weighted by molar-refractivity contribution is -0.126. The fourth-order valence-electron chi connectivity index (χ4n) is 3.79. The van der Waals surface area contributed by atoms with Crippen LogP contribution in [-0.2, 0) is 14.4 Å². The molecule has 2 unspecified atom stereocenters. The quantitative estimate of drug-likeness (QED) is 0.641. The van der Waals surface area contributed by atoms with E-state index in [2.05, 4.69) is 26.6 Å². The molecule has 0 bridgehead atoms. The molecule has 1 aliphatic carbocycles. The number of halogens is 1. The highest BCUT2D eigenvalue weighted by atomic mass is 79.9. The second-order valence-electron chi connectivity index (χ2n) is 8.45. The molecule has 2 aromatic carbocycles. The summed E-state index contributed by atoms with van der Waals surface area (Å²) in [6.07, 6.45) is 2.14. The van der Waals surface area contributed by atoms with Crippen LogP contribution >= 0.6 is 15.9 Å². The van der Waals surface area contributed by atoms with Crippen molar-refractivity contribution >= 4 is 45.0 Å². The summed E-state index contributed by atoms with van der Waals surface area (Å²) in [6, 6.07) is 13.1. The number of rotatable bonds is 6. The van der Waals surface area contributed by atoms with Crippen molar-refractivity contribution in [3.05, 3.63) is 58.1 Å². The zero-order valence-electron chi connectivity index (χ0n) is 17.7. The Morgan fingerprint density at radius 1 is 1.06 bits per heavy atom. The van der Waals surface area contributed by atoms with Gasteiger partial charge >= 0.3 is 0 Å². The van der Waals surface area contributed by atoms with Gasteiger partial charge in [0, 0.05) is 34.7 Å². The summed E-state index contributed by atoms with van der Waals surface area (Å²) in [5.41, 5.74) is 3.57. The van der Waals surface area contributed by atoms with Crippen LogP contribution in [-0.4, -0.2) is 24.3 Å². The number of aryl methyl sites for hydroxylation is 1. The Kier molecular flexibility index (Phi) is 6.14. The Balaban J connectivity index is 1.34. The number of nitrogens with one attached hydrogen (secondary N) is 2. The number of amides is 3. The van der Waals surface area contributed by atoms with Crippen LogP contribution in [0.5, 0.6) is 0 Å². The van der Waals surface area contributed by atoms with Gasteiger partial charge in [0.15, 0.2) is 0 Å². The van der Waals surface area contributed by atoms with Gasteiger partial charge in [-0.3, -0.25) is 14.4 Å². The third kappa shape index (κ3) is 4.98. The summed E-state index contributed by atoms with van der Waals surface area (Å²) in [5, 5.41) is 5.94. The predicted molar refractivity (Wildman–Crippen MR) is 124 cm³/mol. The van der Waals surface area contributed by atoms with Crippen molar-refractivity contribution in [3.63, 3.8) is 0 Å². The third-order valence-corrected chi connectivity index (χ3v) is 6.82. The van der Waals surface area contributed by atoms with Crippen LogP contribution in [0.2, 0.25) is 0 Å². The summed E-state index contributed by atoms with van der Waals surface area (Å²) in [7, 11) is 0. The summed E-state index contributed by atoms with van der Waals surface area (Å²) in [4.78, 5) is 38.9. The molecule has 0 radical (unpaired) electrons. The Labute approximate surface area is 190 Å². The monoisotopic (exact) mass is 483 g/mol. The van der Waals surface area contributed by atoms with E-state index in [9.17, 15) is 14.4 Å². The van der Waals surface area contributed by atoms with E-state index in [4.69, 9.17) is 0 Å². The minimum Gasteiger partial charge on any atom is -0.349 e. The predicted octanol–water partition coefficient (Wildman–Crippen LogP) is 4.34. The minimum absolute atomic E-state index is 0.0368. The van der Waals surface area contributed by atoms with Crippen molar-refractivity contribution in [2.45, 2.75) is 39.2 Å². The molecule has 2 aliphatic rings. The molecule has 2 N–H and O–H groups in total. The molecule has 6 nitrogen and oxygen atoms in total. The first-order chi connectivity index (χ1) is 14.8. The Bertz CT molecular complexity index is 1020. The first-order valence-electron chi connectivity index (χ1n) is 10.6. The van der Waals surface area contributed by atoms with Gasteiger partial charge in [-0.2, -0.15) is 0 Å². The molecule has 2 fully saturated rings. The molecule has 7 heteroatoms. The number of anilines is 2. The molecule has 3 amide bonds. The van der Waals surface area contributed by atoms with Crippen molar-refractivity contribution in [1.82, 2.24) is 5.32 Å². The van der Waals surface area contributed by atoms with Crippen molar-refractivity contribution in [2.24, 2.45) is 11.8 Å². The van der Waals surface area contributed by atoms with Crippen LogP contribution in [0.3, 0.4) is 0 Å². The maximum absolute atomic E-state index is 12.8. The van der Waals surface area contributed by atoms with E-state index in [1.807, 2.05) is 56.3 Å². The Hall–Kier alpha value is -2.67. The van der Waals surface area contributed by atoms with Gasteiger partial charge in [-0.25, -0.2) is 0 Å². The van der Waals surface area contributed by atoms with E-state index < -0.39 is 0 Å². The second kappa shape index (κ2) is 8.83. The third-order valence-electron chi connectivity index (χ3n) is 5.93. The summed E-state index contributed by atoms with van der Waals surface area (Å²) < 4.78 is 0.990. The van der Waals surface area contributed by atoms with Gasteiger partial charge in [-0.1, -0.05) is 28.1 Å². The van der Waals surface area contributed by atoms with Crippen molar-refractivity contribution in [2.75, 3.05) is 16.8 Å². The first-order valence-corrected chi connectivity index (χ1v) is 11.4. The minimum atomic E-state index is -0.379. The van der Waals surface area contributed by atoms with E-state index in [1.54, 1.807) is 4.90 Å². The molecular formula is C24H26BrN3O3. The van der Waals surface area contributed by atoms with E-state index in [0.29, 0.717) is 6.54 Å². The van der Waals surface area contributed by atoms with Crippen molar-refractivity contribution < 1.29 is 14.4 Å². The van der Waals surface area contributed by atoms with Crippen molar-refractivity contribution in [1.29, 1.82) is 0 Å². The molecule has 2 aromatic rings. The Morgan fingerprint density at radius 2 is 1.77 bits per heavy atom. The van der Waals surface area contributed by atoms with Crippen LogP contribution in [0.25, 0.3) is 0 Å². The van der Waals surface area contributed by atoms with Gasteiger partial charge in [0.25, 0.3) is 0 Å². The maximum atomic E-state index is 12.8. The van der Waals surface area contributed by atoms with Gasteiger partial charge in [0.2, 0.25) is 17.7 Å². The highest BCUT2D eigenvalue weighted by molar-refractivity contribution is 9.10. The number of nitrogens with zero attached hydrogens (tertiary/aromatic N) is 1. The van der Waals surface area contributed by atoms with Gasteiger partial charge in [0.05, 0.1) is 12.0 Å². The lowest BCUT2D eigenvalue weighted by atomic mass is 10.0.